The lowest BCUT2D eigenvalue weighted by molar-refractivity contribution is -0.194. The summed E-state index contributed by atoms with van der Waals surface area (Å²) in [5.41, 5.74) is 1.50. The zero-order valence-corrected chi connectivity index (χ0v) is 22.4. The highest BCUT2D eigenvalue weighted by Crippen LogP contribution is 2.37. The average Bonchev–Trinajstić information content (AvgIpc) is 3.72. The molecule has 10 heteroatoms. The van der Waals surface area contributed by atoms with E-state index in [0.717, 1.165) is 24.8 Å². The average molecular weight is 547 g/mol. The summed E-state index contributed by atoms with van der Waals surface area (Å²) < 4.78 is 42.9. The molecule has 0 spiro atoms. The Hall–Kier alpha value is -3.40. The van der Waals surface area contributed by atoms with Gasteiger partial charge in [-0.05, 0) is 56.1 Å². The number of hydrogen-bond acceptors (Lipinski definition) is 5. The van der Waals surface area contributed by atoms with E-state index in [0.29, 0.717) is 43.7 Å². The summed E-state index contributed by atoms with van der Waals surface area (Å²) in [4.78, 5) is 24.2. The minimum absolute atomic E-state index is 0.0424. The summed E-state index contributed by atoms with van der Waals surface area (Å²) in [6.45, 7) is 6.68. The van der Waals surface area contributed by atoms with E-state index in [1.807, 2.05) is 12.2 Å². The maximum atomic E-state index is 12.9. The fourth-order valence-corrected chi connectivity index (χ4v) is 4.62. The van der Waals surface area contributed by atoms with Crippen LogP contribution >= 0.6 is 0 Å². The zero-order valence-electron chi connectivity index (χ0n) is 22.4. The number of ether oxygens (including phenoxy) is 1. The minimum Gasteiger partial charge on any atom is -0.377 e. The third-order valence-corrected chi connectivity index (χ3v) is 6.82. The molecule has 39 heavy (non-hydrogen) atoms. The van der Waals surface area contributed by atoms with Gasteiger partial charge in [0.15, 0.2) is 0 Å². The molecule has 0 aromatic carbocycles. The van der Waals surface area contributed by atoms with Crippen LogP contribution in [0.5, 0.6) is 0 Å². The molecule has 2 atom stereocenters. The fourth-order valence-electron chi connectivity index (χ4n) is 4.62. The summed E-state index contributed by atoms with van der Waals surface area (Å²) in [7, 11) is 0. The summed E-state index contributed by atoms with van der Waals surface area (Å²) in [6.07, 6.45) is 11.7. The first-order chi connectivity index (χ1) is 18.4. The van der Waals surface area contributed by atoms with E-state index in [2.05, 4.69) is 35.5 Å². The first-order valence-corrected chi connectivity index (χ1v) is 13.2. The fraction of sp³-hybridized carbons (Fsp3) is 0.483. The van der Waals surface area contributed by atoms with E-state index < -0.39 is 24.3 Å². The lowest BCUT2D eigenvalue weighted by Crippen LogP contribution is -2.52. The van der Waals surface area contributed by atoms with Gasteiger partial charge in [0.25, 0.3) is 5.91 Å². The van der Waals surface area contributed by atoms with Crippen LogP contribution in [-0.4, -0.2) is 49.0 Å². The highest BCUT2D eigenvalue weighted by atomic mass is 19.4. The van der Waals surface area contributed by atoms with Crippen molar-refractivity contribution in [1.29, 1.82) is 5.41 Å². The van der Waals surface area contributed by atoms with E-state index in [1.54, 1.807) is 25.2 Å². The van der Waals surface area contributed by atoms with Crippen molar-refractivity contribution in [1.82, 2.24) is 16.0 Å². The quantitative estimate of drug-likeness (QED) is 0.114. The largest absolute Gasteiger partial charge is 0.411 e. The van der Waals surface area contributed by atoms with Crippen LogP contribution in [0.4, 0.5) is 13.2 Å². The number of alkyl halides is 3. The van der Waals surface area contributed by atoms with Crippen molar-refractivity contribution in [2.24, 2.45) is 5.92 Å². The van der Waals surface area contributed by atoms with Crippen LogP contribution in [0.25, 0.3) is 0 Å². The van der Waals surface area contributed by atoms with Crippen molar-refractivity contribution < 1.29 is 27.5 Å². The van der Waals surface area contributed by atoms with Gasteiger partial charge in [0, 0.05) is 19.0 Å². The molecule has 1 saturated heterocycles. The summed E-state index contributed by atoms with van der Waals surface area (Å²) in [5, 5.41) is 17.0. The van der Waals surface area contributed by atoms with Gasteiger partial charge in [-0.1, -0.05) is 55.5 Å². The second-order valence-electron chi connectivity index (χ2n) is 10.3. The highest BCUT2D eigenvalue weighted by molar-refractivity contribution is 6.16. The number of nitrogens with one attached hydrogen (secondary N) is 4. The number of rotatable bonds is 13. The number of halogens is 3. The number of hydrogen-bond donors (Lipinski definition) is 4. The topological polar surface area (TPSA) is 103 Å². The Morgan fingerprint density at radius 2 is 2.08 bits per heavy atom. The molecule has 7 nitrogen and oxygen atoms in total. The van der Waals surface area contributed by atoms with E-state index in [4.69, 9.17) is 10.1 Å². The van der Waals surface area contributed by atoms with Gasteiger partial charge in [-0.3, -0.25) is 15.0 Å². The van der Waals surface area contributed by atoms with Crippen molar-refractivity contribution in [3.63, 3.8) is 0 Å². The highest BCUT2D eigenvalue weighted by Gasteiger charge is 2.34. The van der Waals surface area contributed by atoms with E-state index in [-0.39, 0.29) is 23.1 Å². The second kappa shape index (κ2) is 13.1. The Labute approximate surface area is 227 Å². The molecule has 212 valence electrons. The first kappa shape index (κ1) is 30.1. The molecule has 1 heterocycles. The molecule has 2 amide bonds. The van der Waals surface area contributed by atoms with Gasteiger partial charge in [0.05, 0.1) is 17.0 Å². The number of allylic oxidation sites excluding steroid dienone is 7. The molecular formula is C29H37F3N4O3. The standard InChI is InChI=1S/C29H37F3N4O3/c1-4-6-21(22-11-12-22)10-8-19(2)24(33)25(35-18-37)26-27(38)36-23(16-34-26)13-9-20-7-5-14-28(3,15-20)39-17-29(30,31)32/h5-8,10,14,18,22-23,33-34H,2,4,9,11-13,15-17H2,1,3H3,(H,35,37)(H,36,38)/b10-8-,21-6+,26-25+,33-24?. The van der Waals surface area contributed by atoms with Gasteiger partial charge < -0.3 is 20.7 Å². The molecule has 3 rings (SSSR count). The van der Waals surface area contributed by atoms with E-state index in [1.165, 1.54) is 5.57 Å². The van der Waals surface area contributed by atoms with Crippen LogP contribution in [0.3, 0.4) is 0 Å². The van der Waals surface area contributed by atoms with Crippen LogP contribution in [0, 0.1) is 11.3 Å². The molecule has 1 saturated carbocycles. The van der Waals surface area contributed by atoms with Gasteiger partial charge >= 0.3 is 6.18 Å². The zero-order chi connectivity index (χ0) is 28.6. The van der Waals surface area contributed by atoms with Crippen molar-refractivity contribution in [3.8, 4) is 0 Å². The number of carbonyl (C=O) groups is 2. The normalized spacial score (nSPS) is 25.1. The van der Waals surface area contributed by atoms with Gasteiger partial charge in [-0.25, -0.2) is 0 Å². The first-order valence-electron chi connectivity index (χ1n) is 13.2. The van der Waals surface area contributed by atoms with Crippen molar-refractivity contribution in [2.45, 2.75) is 70.2 Å². The maximum Gasteiger partial charge on any atom is 0.411 e. The number of carbonyl (C=O) groups excluding carboxylic acids is 2. The Bertz CT molecular complexity index is 1130. The summed E-state index contributed by atoms with van der Waals surface area (Å²) in [6, 6.07) is -0.245. The third-order valence-electron chi connectivity index (χ3n) is 6.82. The SMILES string of the molecule is C=C(/C=C\C(=C/CC)C1CC1)C(=N)/C(NC=O)=C1\NCC(CCC2=CC=CC(C)(OCC(F)(F)F)C2)NC1=O. The Kier molecular flexibility index (Phi) is 10.1. The molecule has 0 bridgehead atoms. The summed E-state index contributed by atoms with van der Waals surface area (Å²) in [5.74, 6) is 0.0796. The maximum absolute atomic E-state index is 12.9. The third kappa shape index (κ3) is 9.09. The predicted octanol–water partition coefficient (Wildman–Crippen LogP) is 4.91. The van der Waals surface area contributed by atoms with Crippen LogP contribution in [0.1, 0.15) is 52.4 Å². The Morgan fingerprint density at radius 3 is 2.69 bits per heavy atom. The lowest BCUT2D eigenvalue weighted by atomic mass is 9.88. The van der Waals surface area contributed by atoms with Gasteiger partial charge in [-0.15, -0.1) is 0 Å². The molecule has 2 fully saturated rings. The molecule has 0 aromatic rings. The Morgan fingerprint density at radius 1 is 1.33 bits per heavy atom. The predicted molar refractivity (Wildman–Crippen MR) is 145 cm³/mol. The van der Waals surface area contributed by atoms with E-state index >= 15 is 0 Å². The Balaban J connectivity index is 1.59. The number of amides is 2. The molecular weight excluding hydrogens is 509 g/mol. The van der Waals surface area contributed by atoms with E-state index in [9.17, 15) is 22.8 Å². The molecule has 2 aliphatic carbocycles. The van der Waals surface area contributed by atoms with Crippen LogP contribution in [-0.2, 0) is 14.3 Å². The lowest BCUT2D eigenvalue weighted by Gasteiger charge is -2.32. The summed E-state index contributed by atoms with van der Waals surface area (Å²) >= 11 is 0. The number of piperazine rings is 1. The molecule has 3 aliphatic rings. The molecule has 4 N–H and O–H groups in total. The van der Waals surface area contributed by atoms with Gasteiger partial charge in [-0.2, -0.15) is 13.2 Å². The van der Waals surface area contributed by atoms with Crippen LogP contribution < -0.4 is 16.0 Å². The molecule has 0 aromatic heterocycles. The van der Waals surface area contributed by atoms with Gasteiger partial charge in [0.2, 0.25) is 6.41 Å². The monoisotopic (exact) mass is 546 g/mol. The smallest absolute Gasteiger partial charge is 0.377 e. The van der Waals surface area contributed by atoms with Crippen molar-refractivity contribution in [3.05, 3.63) is 71.1 Å². The molecule has 1 aliphatic heterocycles. The van der Waals surface area contributed by atoms with Crippen molar-refractivity contribution in [2.75, 3.05) is 13.2 Å². The van der Waals surface area contributed by atoms with Crippen molar-refractivity contribution >= 4 is 18.0 Å². The minimum atomic E-state index is -4.40. The molecule has 0 radical (unpaired) electrons. The van der Waals surface area contributed by atoms with Crippen LogP contribution in [0.15, 0.2) is 71.1 Å². The molecule has 2 unspecified atom stereocenters. The van der Waals surface area contributed by atoms with Gasteiger partial charge in [0.1, 0.15) is 12.3 Å². The second-order valence-corrected chi connectivity index (χ2v) is 10.3. The van der Waals surface area contributed by atoms with Crippen LogP contribution in [0.2, 0.25) is 0 Å².